The van der Waals surface area contributed by atoms with Gasteiger partial charge in [0, 0.05) is 78.9 Å². The van der Waals surface area contributed by atoms with E-state index in [1.807, 2.05) is 367 Å². The number of hydrogen-bond donors (Lipinski definition) is 4. The molecule has 0 aromatic heterocycles. The maximum absolute atomic E-state index is 13.1. The molecule has 0 aliphatic heterocycles. The van der Waals surface area contributed by atoms with Crippen LogP contribution < -0.4 is 21.3 Å². The summed E-state index contributed by atoms with van der Waals surface area (Å²) in [5.74, 6) is -1.91. The number of aryl methyl sites for hydroxylation is 3. The molecule has 0 fully saturated rings. The predicted molar refractivity (Wildman–Crippen MR) is 509 cm³/mol. The first-order valence-corrected chi connectivity index (χ1v) is 43.1. The zero-order valence-corrected chi connectivity index (χ0v) is 75.1. The Morgan fingerprint density at radius 2 is 0.438 bits per heavy atom. The van der Waals surface area contributed by atoms with Gasteiger partial charge < -0.3 is 59.2 Å². The fourth-order valence-electron chi connectivity index (χ4n) is 13.7. The summed E-state index contributed by atoms with van der Waals surface area (Å²) < 4.78 is 43.4. The molecule has 12 aromatic rings. The van der Waals surface area contributed by atoms with E-state index < -0.39 is 63.7 Å². The first kappa shape index (κ1) is 98.9. The Balaban J connectivity index is 0.000000195. The molecule has 12 aromatic carbocycles. The minimum atomic E-state index is -1.17. The molecular formula is C109H110N4O16S. The number of nitrogens with one attached hydrogen (secondary N) is 4. The monoisotopic (exact) mass is 1760 g/mol. The van der Waals surface area contributed by atoms with Gasteiger partial charge in [0.25, 0.3) is 5.24 Å². The van der Waals surface area contributed by atoms with Gasteiger partial charge in [-0.15, -0.1) is 0 Å². The van der Waals surface area contributed by atoms with Crippen LogP contribution >= 0.6 is 11.8 Å². The molecule has 0 saturated carbocycles. The zero-order valence-electron chi connectivity index (χ0n) is 74.2. The number of benzene rings is 12. The second-order valence-electron chi connectivity index (χ2n) is 30.2. The second kappa shape index (κ2) is 50.4. The van der Waals surface area contributed by atoms with Crippen LogP contribution in [-0.4, -0.2) is 113 Å². The maximum atomic E-state index is 13.1. The van der Waals surface area contributed by atoms with E-state index in [0.717, 1.165) is 83.5 Å². The molecule has 0 unspecified atom stereocenters. The second-order valence-corrected chi connectivity index (χ2v) is 31.3. The van der Waals surface area contributed by atoms with Crippen molar-refractivity contribution in [1.29, 1.82) is 0 Å². The first-order valence-electron chi connectivity index (χ1n) is 42.3. The third-order valence-electron chi connectivity index (χ3n) is 20.2. The van der Waals surface area contributed by atoms with Gasteiger partial charge in [0.2, 0.25) is 0 Å². The van der Waals surface area contributed by atoms with Gasteiger partial charge >= 0.3 is 42.2 Å². The van der Waals surface area contributed by atoms with Gasteiger partial charge in [0.1, 0.15) is 31.2 Å². The summed E-state index contributed by atoms with van der Waals surface area (Å²) in [5, 5.41) is 10.8. The summed E-state index contributed by atoms with van der Waals surface area (Å²) in [5.41, 5.74) is 11.6. The van der Waals surface area contributed by atoms with Crippen molar-refractivity contribution in [2.75, 3.05) is 65.8 Å². The van der Waals surface area contributed by atoms with Gasteiger partial charge in [0.15, 0.2) is 16.8 Å². The number of amides is 4. The van der Waals surface area contributed by atoms with E-state index in [2.05, 4.69) is 47.6 Å². The lowest BCUT2D eigenvalue weighted by atomic mass is 9.79. The minimum absolute atomic E-state index is 0.0212. The van der Waals surface area contributed by atoms with Crippen molar-refractivity contribution in [3.8, 4) is 0 Å². The van der Waals surface area contributed by atoms with E-state index in [-0.39, 0.29) is 71.1 Å². The molecule has 0 aliphatic rings. The number of esters is 4. The van der Waals surface area contributed by atoms with Crippen molar-refractivity contribution in [3.05, 3.63) is 478 Å². The number of carbonyl (C=O) groups is 8. The van der Waals surface area contributed by atoms with Crippen molar-refractivity contribution < 1.29 is 76.3 Å². The van der Waals surface area contributed by atoms with Gasteiger partial charge in [0.05, 0.1) is 32.8 Å². The Kier molecular flexibility index (Phi) is 38.3. The van der Waals surface area contributed by atoms with Crippen LogP contribution in [0, 0.1) is 20.8 Å². The lowest BCUT2D eigenvalue weighted by Crippen LogP contribution is -2.40. The maximum Gasteiger partial charge on any atom is 0.408 e. The van der Waals surface area contributed by atoms with Gasteiger partial charge in [-0.05, 0) is 76.9 Å². The van der Waals surface area contributed by atoms with E-state index >= 15 is 0 Å². The number of rotatable bonds is 35. The summed E-state index contributed by atoms with van der Waals surface area (Å²) in [6.45, 7) is 27.9. The fourth-order valence-corrected chi connectivity index (χ4v) is 14.9. The number of hydrogen-bond acceptors (Lipinski definition) is 17. The highest BCUT2D eigenvalue weighted by atomic mass is 32.2. The van der Waals surface area contributed by atoms with Crippen molar-refractivity contribution >= 4 is 59.2 Å². The first-order chi connectivity index (χ1) is 62.8. The third kappa shape index (κ3) is 27.8. The fraction of sp³-hybridized carbons (Fsp3) is 0.193. The summed E-state index contributed by atoms with van der Waals surface area (Å²) in [6.07, 6.45) is -1.81. The Bertz CT molecular complexity index is 5090. The lowest BCUT2D eigenvalue weighted by molar-refractivity contribution is -0.141. The molecule has 12 rings (SSSR count). The minimum Gasteiger partial charge on any atom is -0.460 e. The van der Waals surface area contributed by atoms with E-state index in [9.17, 15) is 38.4 Å². The highest BCUT2D eigenvalue weighted by molar-refractivity contribution is 8.14. The standard InChI is InChI=1S/C29H31NO4.C28H29NO5.C26H25NO4.C26H25NO3S/c1-20(2)27(31)33-19-18-30-28(32)34-29(24-12-6-21(3)7-13-24,25-14-8-22(4)9-15-25)26-16-10-23(5)11-17-26;1-22(2)26(30)33-21-20-32-19-18-29-27(31)34-28(23-12-6-3-7-13-23,24-14-8-4-9-15-24)25-16-10-5-11-17-25;2*1-20(2)24(28)30-19-18-27-25(29)31-26(21-12-6-3-7-13-21,22-14-8-4-9-15-22)23-16-10-5-11-17-23/h6-17H,1,18-19H2,2-5H3,(H,30,32);3-17H,1,18-21H2,2H3,(H,29,31);2*3-17H,1,18-19H2,2H3,(H,27,29). The number of carbonyl (C=O) groups excluding carboxylic acids is 8. The molecule has 0 saturated heterocycles. The van der Waals surface area contributed by atoms with Crippen LogP contribution in [0.4, 0.5) is 19.2 Å². The normalized spacial score (nSPS) is 10.9. The molecule has 130 heavy (non-hydrogen) atoms. The predicted octanol–water partition coefficient (Wildman–Crippen LogP) is 21.0. The average Bonchev–Trinajstić information content (AvgIpc) is 0.781. The zero-order chi connectivity index (χ0) is 93.2. The van der Waals surface area contributed by atoms with Gasteiger partial charge in [-0.2, -0.15) is 0 Å². The highest BCUT2D eigenvalue weighted by Crippen LogP contribution is 2.49. The molecule has 0 bridgehead atoms. The number of ether oxygens (including phenoxy) is 8. The van der Waals surface area contributed by atoms with Crippen LogP contribution in [0.15, 0.2) is 394 Å². The highest BCUT2D eigenvalue weighted by Gasteiger charge is 2.45. The van der Waals surface area contributed by atoms with Gasteiger partial charge in [-0.3, -0.25) is 4.79 Å². The van der Waals surface area contributed by atoms with Crippen LogP contribution in [0.5, 0.6) is 0 Å². The topological polar surface area (TPSA) is 259 Å². The number of thioether (sulfide) groups is 1. The number of alkyl carbamates (subject to hydrolysis) is 3. The molecule has 4 amide bonds. The van der Waals surface area contributed by atoms with Gasteiger partial charge in [-0.1, -0.05) is 389 Å². The molecule has 0 radical (unpaired) electrons. The van der Waals surface area contributed by atoms with E-state index in [4.69, 9.17) is 37.9 Å². The third-order valence-corrected chi connectivity index (χ3v) is 21.5. The Morgan fingerprint density at radius 3 is 0.662 bits per heavy atom. The summed E-state index contributed by atoms with van der Waals surface area (Å²) >= 11 is 1.21. The molecule has 21 heteroatoms. The van der Waals surface area contributed by atoms with Crippen LogP contribution in [0.2, 0.25) is 0 Å². The van der Waals surface area contributed by atoms with Crippen LogP contribution in [0.3, 0.4) is 0 Å². The molecule has 0 aliphatic carbocycles. The van der Waals surface area contributed by atoms with E-state index in [0.29, 0.717) is 22.3 Å². The average molecular weight is 1760 g/mol. The van der Waals surface area contributed by atoms with Crippen molar-refractivity contribution in [2.24, 2.45) is 0 Å². The van der Waals surface area contributed by atoms with Crippen LogP contribution in [-0.2, 0) is 78.6 Å². The molecule has 0 atom stereocenters. The molecule has 0 heterocycles. The molecule has 668 valence electrons. The SMILES string of the molecule is C=C(C)C(=O)OCCNC(=O)OC(c1ccc(C)cc1)(c1ccc(C)cc1)c1ccc(C)cc1.C=C(C)C(=O)OCCNC(=O)OC(c1ccccc1)(c1ccccc1)c1ccccc1.C=C(C)C(=O)OCCNC(=O)SC(c1ccccc1)(c1ccccc1)c1ccccc1.C=C(C)C(=O)OCCOCCNC(=O)OC(c1ccccc1)(c1ccccc1)c1ccccc1. The summed E-state index contributed by atoms with van der Waals surface area (Å²) in [7, 11) is 0. The van der Waals surface area contributed by atoms with E-state index in [1.165, 1.54) is 11.8 Å². The van der Waals surface area contributed by atoms with Crippen molar-refractivity contribution in [1.82, 2.24) is 21.3 Å². The molecular weight excluding hydrogens is 1650 g/mol. The quantitative estimate of drug-likeness (QED) is 0.00946. The smallest absolute Gasteiger partial charge is 0.408 e. The van der Waals surface area contributed by atoms with Crippen molar-refractivity contribution in [2.45, 2.75) is 70.0 Å². The van der Waals surface area contributed by atoms with Crippen LogP contribution in [0.1, 0.15) is 111 Å². The Hall–Kier alpha value is -14.9. The molecule has 4 N–H and O–H groups in total. The largest absolute Gasteiger partial charge is 0.460 e. The van der Waals surface area contributed by atoms with E-state index in [1.54, 1.807) is 27.7 Å². The molecule has 0 spiro atoms. The Labute approximate surface area is 765 Å². The summed E-state index contributed by atoms with van der Waals surface area (Å²) in [4.78, 5) is 97.9. The Morgan fingerprint density at radius 1 is 0.246 bits per heavy atom. The van der Waals surface area contributed by atoms with Gasteiger partial charge in [-0.25, -0.2) is 33.6 Å². The van der Waals surface area contributed by atoms with Crippen molar-refractivity contribution in [3.63, 3.8) is 0 Å². The van der Waals surface area contributed by atoms with Crippen LogP contribution in [0.25, 0.3) is 0 Å². The lowest BCUT2D eigenvalue weighted by Gasteiger charge is -2.35. The molecule has 20 nitrogen and oxygen atoms in total. The summed E-state index contributed by atoms with van der Waals surface area (Å²) in [6, 6.07) is 112.